The largest absolute Gasteiger partial charge is 0.452 e. The molecule has 1 saturated heterocycles. The van der Waals surface area contributed by atoms with Gasteiger partial charge in [-0.1, -0.05) is 52.3 Å². The van der Waals surface area contributed by atoms with Gasteiger partial charge in [0.25, 0.3) is 5.91 Å². The zero-order valence-corrected chi connectivity index (χ0v) is 18.7. The van der Waals surface area contributed by atoms with E-state index >= 15 is 0 Å². The lowest BCUT2D eigenvalue weighted by Crippen LogP contribution is -2.43. The molecule has 3 aromatic rings. The van der Waals surface area contributed by atoms with Gasteiger partial charge in [0.05, 0.1) is 16.9 Å². The van der Waals surface area contributed by atoms with Gasteiger partial charge < -0.3 is 15.4 Å². The van der Waals surface area contributed by atoms with Gasteiger partial charge in [0.2, 0.25) is 0 Å². The molecule has 0 saturated carbocycles. The molecule has 0 spiro atoms. The van der Waals surface area contributed by atoms with Crippen LogP contribution in [0.3, 0.4) is 0 Å². The minimum absolute atomic E-state index is 0.317. The number of carbonyl (C=O) groups excluding carboxylic acids is 1. The number of hydrogen-bond donors (Lipinski definition) is 1. The Hall–Kier alpha value is -2.83. The van der Waals surface area contributed by atoms with Crippen molar-refractivity contribution >= 4 is 33.2 Å². The molecule has 0 atom stereocenters. The monoisotopic (exact) mass is 477 g/mol. The Morgan fingerprint density at radius 3 is 2.52 bits per heavy atom. The Morgan fingerprint density at radius 1 is 1.00 bits per heavy atom. The van der Waals surface area contributed by atoms with Crippen LogP contribution in [-0.4, -0.2) is 29.9 Å². The van der Waals surface area contributed by atoms with E-state index in [9.17, 15) is 4.79 Å². The van der Waals surface area contributed by atoms with E-state index in [-0.39, 0.29) is 0 Å². The van der Waals surface area contributed by atoms with Gasteiger partial charge in [0.15, 0.2) is 11.5 Å². The van der Waals surface area contributed by atoms with Crippen molar-refractivity contribution in [1.82, 2.24) is 4.90 Å². The molecule has 0 bridgehead atoms. The van der Waals surface area contributed by atoms with E-state index in [1.165, 1.54) is 5.56 Å². The normalized spacial score (nSPS) is 16.4. The van der Waals surface area contributed by atoms with Crippen LogP contribution in [0.1, 0.15) is 28.8 Å². The lowest BCUT2D eigenvalue weighted by Gasteiger charge is -2.42. The van der Waals surface area contributed by atoms with Crippen LogP contribution in [0.15, 0.2) is 71.2 Å². The highest BCUT2D eigenvalue weighted by Gasteiger charge is 2.34. The number of hydrogen-bond acceptors (Lipinski definition) is 4. The van der Waals surface area contributed by atoms with E-state index in [0.717, 1.165) is 54.1 Å². The molecule has 2 aliphatic rings. The Morgan fingerprint density at radius 2 is 1.77 bits per heavy atom. The minimum Gasteiger partial charge on any atom is -0.452 e. The topological polar surface area (TPSA) is 58.8 Å². The van der Waals surface area contributed by atoms with Crippen molar-refractivity contribution in [2.75, 3.05) is 18.0 Å². The third kappa shape index (κ3) is 3.93. The standard InChI is InChI=1S/C25H24BrN3O2/c26-18-9-10-21-23(15-18)31-24-20(25(27)30)7-4-8-22(24)29(21)19-11-13-28(14-12-19)16-17-5-2-1-3-6-17/h1-10,15,19H,11-14,16H2,(H2,27,30). The quantitative estimate of drug-likeness (QED) is 0.542. The maximum atomic E-state index is 12.1. The fourth-order valence-corrected chi connectivity index (χ4v) is 4.94. The molecule has 2 heterocycles. The number of amides is 1. The average molecular weight is 478 g/mol. The summed E-state index contributed by atoms with van der Waals surface area (Å²) in [4.78, 5) is 16.9. The molecule has 31 heavy (non-hydrogen) atoms. The van der Waals surface area contributed by atoms with E-state index in [4.69, 9.17) is 10.5 Å². The van der Waals surface area contributed by atoms with Crippen molar-refractivity contribution in [2.24, 2.45) is 5.73 Å². The van der Waals surface area contributed by atoms with Crippen LogP contribution in [0.25, 0.3) is 0 Å². The molecule has 1 amide bonds. The van der Waals surface area contributed by atoms with Gasteiger partial charge >= 0.3 is 0 Å². The van der Waals surface area contributed by atoms with Crippen molar-refractivity contribution in [3.8, 4) is 11.5 Å². The molecule has 2 aliphatic heterocycles. The highest BCUT2D eigenvalue weighted by atomic mass is 79.9. The maximum absolute atomic E-state index is 12.1. The number of nitrogens with zero attached hydrogens (tertiary/aromatic N) is 2. The molecule has 3 aromatic carbocycles. The summed E-state index contributed by atoms with van der Waals surface area (Å²) in [5, 5.41) is 0. The molecule has 158 valence electrons. The van der Waals surface area contributed by atoms with E-state index in [0.29, 0.717) is 17.4 Å². The first-order chi connectivity index (χ1) is 15.1. The fraction of sp³-hybridized carbons (Fsp3) is 0.240. The molecule has 5 rings (SSSR count). The number of likely N-dealkylation sites (tertiary alicyclic amines) is 1. The summed E-state index contributed by atoms with van der Waals surface area (Å²) in [5.41, 5.74) is 9.34. The van der Waals surface area contributed by atoms with Gasteiger partial charge in [-0.05, 0) is 48.7 Å². The Balaban J connectivity index is 1.44. The minimum atomic E-state index is -0.479. The number of benzene rings is 3. The molecule has 1 fully saturated rings. The molecular formula is C25H24BrN3O2. The van der Waals surface area contributed by atoms with Crippen LogP contribution in [0.5, 0.6) is 11.5 Å². The number of ether oxygens (including phenoxy) is 1. The molecule has 0 aliphatic carbocycles. The van der Waals surface area contributed by atoms with Crippen LogP contribution in [0.4, 0.5) is 11.4 Å². The van der Waals surface area contributed by atoms with E-state index < -0.39 is 5.91 Å². The summed E-state index contributed by atoms with van der Waals surface area (Å²) >= 11 is 3.54. The summed E-state index contributed by atoms with van der Waals surface area (Å²) in [6.07, 6.45) is 2.06. The summed E-state index contributed by atoms with van der Waals surface area (Å²) < 4.78 is 7.12. The zero-order valence-electron chi connectivity index (χ0n) is 17.1. The fourth-order valence-electron chi connectivity index (χ4n) is 4.59. The van der Waals surface area contributed by atoms with Gasteiger partial charge in [-0.25, -0.2) is 0 Å². The second-order valence-electron chi connectivity index (χ2n) is 8.10. The number of carbonyl (C=O) groups is 1. The first-order valence-electron chi connectivity index (χ1n) is 10.6. The summed E-state index contributed by atoms with van der Waals surface area (Å²) in [6, 6.07) is 22.6. The average Bonchev–Trinajstić information content (AvgIpc) is 2.78. The zero-order chi connectivity index (χ0) is 21.4. The second-order valence-corrected chi connectivity index (χ2v) is 9.01. The van der Waals surface area contributed by atoms with Gasteiger partial charge in [-0.15, -0.1) is 0 Å². The van der Waals surface area contributed by atoms with Crippen molar-refractivity contribution in [1.29, 1.82) is 0 Å². The second kappa shape index (κ2) is 8.36. The molecule has 5 nitrogen and oxygen atoms in total. The van der Waals surface area contributed by atoms with Crippen LogP contribution in [0.2, 0.25) is 0 Å². The first-order valence-corrected chi connectivity index (χ1v) is 11.3. The Labute approximate surface area is 190 Å². The van der Waals surface area contributed by atoms with Crippen molar-refractivity contribution < 1.29 is 9.53 Å². The van der Waals surface area contributed by atoms with Crippen LogP contribution < -0.4 is 15.4 Å². The third-order valence-electron chi connectivity index (χ3n) is 6.08. The highest BCUT2D eigenvalue weighted by Crippen LogP contribution is 2.50. The van der Waals surface area contributed by atoms with Crippen LogP contribution in [0, 0.1) is 0 Å². The summed E-state index contributed by atoms with van der Waals surface area (Å²) in [5.74, 6) is 0.808. The lowest BCUT2D eigenvalue weighted by atomic mass is 9.98. The number of anilines is 2. The Bertz CT molecular complexity index is 1110. The SMILES string of the molecule is NC(=O)c1cccc2c1Oc1cc(Br)ccc1N2C1CCN(Cc2ccccc2)CC1. The number of para-hydroxylation sites is 1. The molecule has 0 aromatic heterocycles. The van der Waals surface area contributed by atoms with Crippen LogP contribution in [-0.2, 0) is 6.54 Å². The molecular weight excluding hydrogens is 454 g/mol. The maximum Gasteiger partial charge on any atom is 0.252 e. The number of nitrogens with two attached hydrogens (primary N) is 1. The number of rotatable bonds is 4. The molecule has 6 heteroatoms. The number of fused-ring (bicyclic) bond motifs is 2. The number of primary amides is 1. The summed E-state index contributed by atoms with van der Waals surface area (Å²) in [6.45, 7) is 3.02. The predicted molar refractivity (Wildman–Crippen MR) is 126 cm³/mol. The highest BCUT2D eigenvalue weighted by molar-refractivity contribution is 9.10. The van der Waals surface area contributed by atoms with Gasteiger partial charge in [0.1, 0.15) is 0 Å². The van der Waals surface area contributed by atoms with Gasteiger partial charge in [0, 0.05) is 30.1 Å². The van der Waals surface area contributed by atoms with E-state index in [2.05, 4.69) is 62.1 Å². The summed E-state index contributed by atoms with van der Waals surface area (Å²) in [7, 11) is 0. The third-order valence-corrected chi connectivity index (χ3v) is 6.58. The molecule has 0 unspecified atom stereocenters. The van der Waals surface area contributed by atoms with Crippen LogP contribution >= 0.6 is 15.9 Å². The molecule has 2 N–H and O–H groups in total. The van der Waals surface area contributed by atoms with Gasteiger partial charge in [-0.2, -0.15) is 0 Å². The van der Waals surface area contributed by atoms with Crippen molar-refractivity contribution in [2.45, 2.75) is 25.4 Å². The smallest absolute Gasteiger partial charge is 0.252 e. The van der Waals surface area contributed by atoms with Crippen molar-refractivity contribution in [3.05, 3.63) is 82.3 Å². The van der Waals surface area contributed by atoms with Crippen molar-refractivity contribution in [3.63, 3.8) is 0 Å². The first kappa shape index (κ1) is 20.1. The predicted octanol–water partition coefficient (Wildman–Crippen LogP) is 5.46. The number of halogens is 1. The molecule has 0 radical (unpaired) electrons. The Kier molecular flexibility index (Phi) is 5.42. The van der Waals surface area contributed by atoms with Gasteiger partial charge in [-0.3, -0.25) is 9.69 Å². The lowest BCUT2D eigenvalue weighted by molar-refractivity contribution is 0.0998. The van der Waals surface area contributed by atoms with E-state index in [1.54, 1.807) is 6.07 Å². The van der Waals surface area contributed by atoms with E-state index in [1.807, 2.05) is 24.3 Å². The number of piperidine rings is 1.